The van der Waals surface area contributed by atoms with Crippen molar-refractivity contribution in [3.63, 3.8) is 0 Å². The Balaban J connectivity index is 2.26. The molecule has 0 saturated carbocycles. The molecule has 1 amide bonds. The summed E-state index contributed by atoms with van der Waals surface area (Å²) < 4.78 is 6.20. The number of anilines is 1. The Kier molecular flexibility index (Phi) is 5.23. The van der Waals surface area contributed by atoms with Crippen molar-refractivity contribution in [2.75, 3.05) is 19.4 Å². The zero-order chi connectivity index (χ0) is 13.5. The number of esters is 1. The minimum Gasteiger partial charge on any atom is -0.469 e. The molecule has 6 nitrogen and oxygen atoms in total. The number of nitrogen functional groups attached to an aromatic ring is 1. The van der Waals surface area contributed by atoms with Crippen LogP contribution in [0.5, 0.6) is 0 Å². The molecule has 6 heteroatoms. The second-order valence-corrected chi connectivity index (χ2v) is 4.06. The fourth-order valence-corrected chi connectivity index (χ4v) is 1.60. The lowest BCUT2D eigenvalue weighted by atomic mass is 10.2. The van der Waals surface area contributed by atoms with Gasteiger partial charge in [-0.3, -0.25) is 9.59 Å². The number of carbonyl (C=O) groups is 2. The maximum Gasteiger partial charge on any atom is 0.305 e. The Bertz CT molecular complexity index is 426. The van der Waals surface area contributed by atoms with Gasteiger partial charge in [0.1, 0.15) is 5.69 Å². The van der Waals surface area contributed by atoms with E-state index in [2.05, 4.69) is 10.1 Å². The number of aryl methyl sites for hydroxylation is 1. The maximum atomic E-state index is 11.8. The first-order chi connectivity index (χ1) is 8.54. The van der Waals surface area contributed by atoms with Gasteiger partial charge >= 0.3 is 5.97 Å². The summed E-state index contributed by atoms with van der Waals surface area (Å²) in [6.07, 6.45) is 3.50. The first-order valence-corrected chi connectivity index (χ1v) is 5.81. The Morgan fingerprint density at radius 1 is 1.44 bits per heavy atom. The average molecular weight is 253 g/mol. The molecule has 0 spiro atoms. The van der Waals surface area contributed by atoms with E-state index in [0.29, 0.717) is 30.8 Å². The predicted molar refractivity (Wildman–Crippen MR) is 68.0 cm³/mol. The van der Waals surface area contributed by atoms with Crippen molar-refractivity contribution < 1.29 is 14.3 Å². The van der Waals surface area contributed by atoms with Gasteiger partial charge in [0.15, 0.2) is 0 Å². The van der Waals surface area contributed by atoms with Gasteiger partial charge in [0, 0.05) is 26.2 Å². The van der Waals surface area contributed by atoms with E-state index in [4.69, 9.17) is 5.73 Å². The van der Waals surface area contributed by atoms with Gasteiger partial charge in [-0.05, 0) is 18.9 Å². The highest BCUT2D eigenvalue weighted by Gasteiger charge is 2.09. The van der Waals surface area contributed by atoms with Crippen molar-refractivity contribution in [2.24, 2.45) is 7.05 Å². The van der Waals surface area contributed by atoms with Crippen LogP contribution in [0.4, 0.5) is 5.69 Å². The molecule has 100 valence electrons. The van der Waals surface area contributed by atoms with E-state index in [0.717, 1.165) is 6.42 Å². The standard InChI is InChI=1S/C12H19N3O3/c1-15-8-9(13)7-10(15)12(17)14-6-4-3-5-11(16)18-2/h7-8H,3-6,13H2,1-2H3,(H,14,17). The van der Waals surface area contributed by atoms with Crippen LogP contribution in [0.25, 0.3) is 0 Å². The number of ether oxygens (including phenoxy) is 1. The normalized spacial score (nSPS) is 10.1. The number of rotatable bonds is 6. The van der Waals surface area contributed by atoms with Gasteiger partial charge in [0.2, 0.25) is 0 Å². The molecule has 0 aliphatic rings. The summed E-state index contributed by atoms with van der Waals surface area (Å²) in [7, 11) is 3.13. The molecular weight excluding hydrogens is 234 g/mol. The molecule has 1 heterocycles. The van der Waals surface area contributed by atoms with Crippen LogP contribution in [-0.2, 0) is 16.6 Å². The lowest BCUT2D eigenvalue weighted by Gasteiger charge is -2.05. The summed E-state index contributed by atoms with van der Waals surface area (Å²) in [5, 5.41) is 2.78. The van der Waals surface area contributed by atoms with Gasteiger partial charge < -0.3 is 20.4 Å². The number of hydrogen-bond donors (Lipinski definition) is 2. The number of nitrogens with one attached hydrogen (secondary N) is 1. The Hall–Kier alpha value is -1.98. The first-order valence-electron chi connectivity index (χ1n) is 5.81. The number of hydrogen-bond acceptors (Lipinski definition) is 4. The SMILES string of the molecule is COC(=O)CCCCNC(=O)c1cc(N)cn1C. The number of unbranched alkanes of at least 4 members (excludes halogenated alkanes) is 1. The van der Waals surface area contributed by atoms with E-state index in [1.807, 2.05) is 0 Å². The van der Waals surface area contributed by atoms with Crippen LogP contribution in [0.15, 0.2) is 12.3 Å². The largest absolute Gasteiger partial charge is 0.469 e. The minimum absolute atomic E-state index is 0.160. The highest BCUT2D eigenvalue weighted by atomic mass is 16.5. The number of nitrogens with zero attached hydrogens (tertiary/aromatic N) is 1. The number of carbonyl (C=O) groups excluding carboxylic acids is 2. The second-order valence-electron chi connectivity index (χ2n) is 4.06. The van der Waals surface area contributed by atoms with Crippen molar-refractivity contribution in [1.29, 1.82) is 0 Å². The third kappa shape index (κ3) is 4.12. The van der Waals surface area contributed by atoms with E-state index >= 15 is 0 Å². The van der Waals surface area contributed by atoms with Crippen LogP contribution in [0.2, 0.25) is 0 Å². The third-order valence-electron chi connectivity index (χ3n) is 2.58. The zero-order valence-electron chi connectivity index (χ0n) is 10.7. The Labute approximate surface area is 106 Å². The highest BCUT2D eigenvalue weighted by molar-refractivity contribution is 5.93. The van der Waals surface area contributed by atoms with Crippen molar-refractivity contribution >= 4 is 17.6 Å². The number of aromatic nitrogens is 1. The van der Waals surface area contributed by atoms with Gasteiger partial charge in [0.25, 0.3) is 5.91 Å². The quantitative estimate of drug-likeness (QED) is 0.576. The molecular formula is C12H19N3O3. The van der Waals surface area contributed by atoms with E-state index in [1.165, 1.54) is 7.11 Å². The van der Waals surface area contributed by atoms with Crippen molar-refractivity contribution in [1.82, 2.24) is 9.88 Å². The predicted octanol–water partition coefficient (Wildman–Crippen LogP) is 0.680. The van der Waals surface area contributed by atoms with E-state index < -0.39 is 0 Å². The van der Waals surface area contributed by atoms with Crippen LogP contribution in [0, 0.1) is 0 Å². The smallest absolute Gasteiger partial charge is 0.305 e. The van der Waals surface area contributed by atoms with Crippen LogP contribution >= 0.6 is 0 Å². The molecule has 0 radical (unpaired) electrons. The molecule has 0 fully saturated rings. The van der Waals surface area contributed by atoms with Crippen LogP contribution < -0.4 is 11.1 Å². The summed E-state index contributed by atoms with van der Waals surface area (Å²) >= 11 is 0. The summed E-state index contributed by atoms with van der Waals surface area (Å²) in [4.78, 5) is 22.6. The fraction of sp³-hybridized carbons (Fsp3) is 0.500. The van der Waals surface area contributed by atoms with E-state index in [1.54, 1.807) is 23.9 Å². The minimum atomic E-state index is -0.225. The first kappa shape index (κ1) is 14.1. The molecule has 0 unspecified atom stereocenters. The molecule has 3 N–H and O–H groups in total. The second kappa shape index (κ2) is 6.68. The highest BCUT2D eigenvalue weighted by Crippen LogP contribution is 2.08. The number of amides is 1. The molecule has 0 bridgehead atoms. The average Bonchev–Trinajstić information content (AvgIpc) is 2.67. The summed E-state index contributed by atoms with van der Waals surface area (Å²) in [5.41, 5.74) is 6.68. The van der Waals surface area contributed by atoms with Crippen LogP contribution in [0.3, 0.4) is 0 Å². The van der Waals surface area contributed by atoms with Gasteiger partial charge in [0.05, 0.1) is 12.8 Å². The maximum absolute atomic E-state index is 11.8. The molecule has 0 aliphatic heterocycles. The van der Waals surface area contributed by atoms with Gasteiger partial charge in [-0.15, -0.1) is 0 Å². The molecule has 0 aromatic carbocycles. The van der Waals surface area contributed by atoms with Crippen molar-refractivity contribution in [3.8, 4) is 0 Å². The number of nitrogens with two attached hydrogens (primary N) is 1. The summed E-state index contributed by atoms with van der Waals surface area (Å²) in [5.74, 6) is -0.385. The third-order valence-corrected chi connectivity index (χ3v) is 2.58. The molecule has 0 atom stereocenters. The van der Waals surface area contributed by atoms with E-state index in [9.17, 15) is 9.59 Å². The van der Waals surface area contributed by atoms with Crippen molar-refractivity contribution in [3.05, 3.63) is 18.0 Å². The molecule has 1 rings (SSSR count). The van der Waals surface area contributed by atoms with Gasteiger partial charge in [-0.2, -0.15) is 0 Å². The zero-order valence-corrected chi connectivity index (χ0v) is 10.7. The van der Waals surface area contributed by atoms with Crippen molar-refractivity contribution in [2.45, 2.75) is 19.3 Å². The van der Waals surface area contributed by atoms with Gasteiger partial charge in [-0.1, -0.05) is 0 Å². The number of methoxy groups -OCH3 is 1. The topological polar surface area (TPSA) is 86.3 Å². The molecule has 1 aromatic rings. The summed E-state index contributed by atoms with van der Waals surface area (Å²) in [6, 6.07) is 1.63. The Morgan fingerprint density at radius 2 is 2.17 bits per heavy atom. The fourth-order valence-electron chi connectivity index (χ4n) is 1.60. The van der Waals surface area contributed by atoms with Crippen LogP contribution in [0.1, 0.15) is 29.8 Å². The Morgan fingerprint density at radius 3 is 2.72 bits per heavy atom. The molecule has 1 aromatic heterocycles. The lowest BCUT2D eigenvalue weighted by Crippen LogP contribution is -2.26. The molecule has 0 saturated heterocycles. The summed E-state index contributed by atoms with van der Waals surface area (Å²) in [6.45, 7) is 0.529. The lowest BCUT2D eigenvalue weighted by molar-refractivity contribution is -0.140. The van der Waals surface area contributed by atoms with E-state index in [-0.39, 0.29) is 11.9 Å². The van der Waals surface area contributed by atoms with Gasteiger partial charge in [-0.25, -0.2) is 0 Å². The van der Waals surface area contributed by atoms with Crippen LogP contribution in [-0.4, -0.2) is 30.1 Å². The molecule has 0 aliphatic carbocycles. The molecule has 18 heavy (non-hydrogen) atoms. The monoisotopic (exact) mass is 253 g/mol.